The van der Waals surface area contributed by atoms with Crippen LogP contribution in [0.2, 0.25) is 0 Å². The van der Waals surface area contributed by atoms with Gasteiger partial charge < -0.3 is 10.6 Å². The molecule has 1 aromatic heterocycles. The van der Waals surface area contributed by atoms with Gasteiger partial charge in [0.1, 0.15) is 17.5 Å². The van der Waals surface area contributed by atoms with Gasteiger partial charge in [0.15, 0.2) is 5.78 Å². The Balaban J connectivity index is 2.22. The summed E-state index contributed by atoms with van der Waals surface area (Å²) in [5.74, 6) is 2.24. The summed E-state index contributed by atoms with van der Waals surface area (Å²) in [6, 6.07) is 9.61. The molecule has 1 heterocycles. The summed E-state index contributed by atoms with van der Waals surface area (Å²) in [7, 11) is 0. The smallest absolute Gasteiger partial charge is 0.159 e. The van der Waals surface area contributed by atoms with E-state index in [0.717, 1.165) is 17.9 Å². The number of Topliss-reactive ketones (excluding diaryl/α,β-unsaturated/α-hetero) is 1. The second-order valence-electron chi connectivity index (χ2n) is 5.40. The zero-order chi connectivity index (χ0) is 16.1. The number of nitrogens with one attached hydrogen (secondary N) is 2. The maximum Gasteiger partial charge on any atom is 0.159 e. The molecule has 0 aliphatic carbocycles. The molecule has 0 fully saturated rings. The van der Waals surface area contributed by atoms with Crippen molar-refractivity contribution in [1.82, 2.24) is 9.97 Å². The summed E-state index contributed by atoms with van der Waals surface area (Å²) in [5.41, 5.74) is 1.51. The van der Waals surface area contributed by atoms with Crippen molar-refractivity contribution in [2.45, 2.75) is 40.2 Å². The lowest BCUT2D eigenvalue weighted by atomic mass is 10.1. The van der Waals surface area contributed by atoms with Crippen molar-refractivity contribution in [2.75, 3.05) is 10.6 Å². The van der Waals surface area contributed by atoms with Gasteiger partial charge in [-0.25, -0.2) is 9.97 Å². The van der Waals surface area contributed by atoms with Gasteiger partial charge in [-0.2, -0.15) is 0 Å². The monoisotopic (exact) mass is 298 g/mol. The fourth-order valence-electron chi connectivity index (χ4n) is 2.02. The van der Waals surface area contributed by atoms with E-state index in [9.17, 15) is 4.79 Å². The average Bonchev–Trinajstić information content (AvgIpc) is 2.46. The lowest BCUT2D eigenvalue weighted by molar-refractivity contribution is 0.101. The predicted octanol–water partition coefficient (Wildman–Crippen LogP) is 3.94. The lowest BCUT2D eigenvalue weighted by Gasteiger charge is -2.14. The van der Waals surface area contributed by atoms with Crippen LogP contribution in [-0.2, 0) is 0 Å². The van der Waals surface area contributed by atoms with Gasteiger partial charge in [0.05, 0.1) is 0 Å². The molecule has 0 aliphatic rings. The third-order valence-corrected chi connectivity index (χ3v) is 3.39. The van der Waals surface area contributed by atoms with Gasteiger partial charge >= 0.3 is 0 Å². The molecule has 5 heteroatoms. The molecule has 116 valence electrons. The Morgan fingerprint density at radius 3 is 2.64 bits per heavy atom. The van der Waals surface area contributed by atoms with Crippen LogP contribution in [0.4, 0.5) is 17.3 Å². The highest BCUT2D eigenvalue weighted by Crippen LogP contribution is 2.19. The van der Waals surface area contributed by atoms with E-state index in [-0.39, 0.29) is 5.78 Å². The van der Waals surface area contributed by atoms with Gasteiger partial charge in [0.25, 0.3) is 0 Å². The van der Waals surface area contributed by atoms with E-state index >= 15 is 0 Å². The summed E-state index contributed by atoms with van der Waals surface area (Å²) >= 11 is 0. The summed E-state index contributed by atoms with van der Waals surface area (Å²) in [6.45, 7) is 7.65. The molecular weight excluding hydrogens is 276 g/mol. The Hall–Kier alpha value is -2.43. The van der Waals surface area contributed by atoms with Crippen molar-refractivity contribution in [2.24, 2.45) is 0 Å². The molecule has 0 aliphatic heterocycles. The first-order valence-electron chi connectivity index (χ1n) is 7.48. The molecule has 0 saturated carbocycles. The number of carbonyl (C=O) groups excluding carboxylic acids is 1. The van der Waals surface area contributed by atoms with E-state index in [1.54, 1.807) is 13.0 Å². The SMILES string of the molecule is CCC(C)Nc1cc(Nc2cccc(C(C)=O)c2)nc(C)n1. The van der Waals surface area contributed by atoms with Gasteiger partial charge in [-0.3, -0.25) is 4.79 Å². The Bertz CT molecular complexity index is 669. The first kappa shape index (κ1) is 15.9. The molecule has 0 spiro atoms. The molecule has 0 saturated heterocycles. The number of hydrogen-bond acceptors (Lipinski definition) is 5. The summed E-state index contributed by atoms with van der Waals surface area (Å²) in [6.07, 6.45) is 1.02. The normalized spacial score (nSPS) is 11.8. The van der Waals surface area contributed by atoms with Crippen molar-refractivity contribution in [3.8, 4) is 0 Å². The van der Waals surface area contributed by atoms with Crippen LogP contribution in [0.25, 0.3) is 0 Å². The largest absolute Gasteiger partial charge is 0.367 e. The van der Waals surface area contributed by atoms with Gasteiger partial charge in [0, 0.05) is 23.4 Å². The number of aromatic nitrogens is 2. The van der Waals surface area contributed by atoms with Crippen molar-refractivity contribution >= 4 is 23.1 Å². The van der Waals surface area contributed by atoms with Gasteiger partial charge in [0.2, 0.25) is 0 Å². The molecule has 0 radical (unpaired) electrons. The molecule has 1 aromatic carbocycles. The molecule has 1 unspecified atom stereocenters. The predicted molar refractivity (Wildman–Crippen MR) is 89.9 cm³/mol. The molecule has 2 rings (SSSR count). The van der Waals surface area contributed by atoms with Crippen molar-refractivity contribution in [1.29, 1.82) is 0 Å². The Kier molecular flexibility index (Phi) is 5.09. The molecule has 0 bridgehead atoms. The first-order valence-corrected chi connectivity index (χ1v) is 7.48. The molecule has 2 aromatic rings. The number of carbonyl (C=O) groups is 1. The fraction of sp³-hybridized carbons (Fsp3) is 0.353. The molecule has 1 atom stereocenters. The molecule has 22 heavy (non-hydrogen) atoms. The molecular formula is C17H22N4O. The van der Waals surface area contributed by atoms with Crippen LogP contribution < -0.4 is 10.6 Å². The lowest BCUT2D eigenvalue weighted by Crippen LogP contribution is -2.15. The Morgan fingerprint density at radius 1 is 1.23 bits per heavy atom. The maximum atomic E-state index is 11.4. The third-order valence-electron chi connectivity index (χ3n) is 3.39. The van der Waals surface area contributed by atoms with E-state index in [0.29, 0.717) is 23.2 Å². The molecule has 5 nitrogen and oxygen atoms in total. The second kappa shape index (κ2) is 7.02. The highest BCUT2D eigenvalue weighted by atomic mass is 16.1. The third kappa shape index (κ3) is 4.28. The second-order valence-corrected chi connectivity index (χ2v) is 5.40. The van der Waals surface area contributed by atoms with Crippen LogP contribution >= 0.6 is 0 Å². The van der Waals surface area contributed by atoms with E-state index in [1.807, 2.05) is 31.2 Å². The van der Waals surface area contributed by atoms with Crippen LogP contribution in [0.3, 0.4) is 0 Å². The van der Waals surface area contributed by atoms with Crippen molar-refractivity contribution in [3.63, 3.8) is 0 Å². The van der Waals surface area contributed by atoms with E-state index in [1.165, 1.54) is 0 Å². The van der Waals surface area contributed by atoms with Gasteiger partial charge in [-0.15, -0.1) is 0 Å². The minimum Gasteiger partial charge on any atom is -0.367 e. The topological polar surface area (TPSA) is 66.9 Å². The highest BCUT2D eigenvalue weighted by molar-refractivity contribution is 5.95. The summed E-state index contributed by atoms with van der Waals surface area (Å²) < 4.78 is 0. The number of benzene rings is 1. The fourth-order valence-corrected chi connectivity index (χ4v) is 2.02. The standard InChI is InChI=1S/C17H22N4O/c1-5-11(2)18-16-10-17(20-13(4)19-16)21-15-8-6-7-14(9-15)12(3)22/h6-11H,5H2,1-4H3,(H2,18,19,20,21). The number of nitrogens with zero attached hydrogens (tertiary/aromatic N) is 2. The van der Waals surface area contributed by atoms with Crippen LogP contribution in [0.1, 0.15) is 43.4 Å². The zero-order valence-electron chi connectivity index (χ0n) is 13.5. The zero-order valence-corrected chi connectivity index (χ0v) is 13.5. The Morgan fingerprint density at radius 2 is 1.95 bits per heavy atom. The number of aryl methyl sites for hydroxylation is 1. The van der Waals surface area contributed by atoms with Crippen molar-refractivity contribution < 1.29 is 4.79 Å². The molecule has 0 amide bonds. The minimum atomic E-state index is 0.0432. The van der Waals surface area contributed by atoms with Crippen molar-refractivity contribution in [3.05, 3.63) is 41.7 Å². The van der Waals surface area contributed by atoms with E-state index < -0.39 is 0 Å². The molecule has 2 N–H and O–H groups in total. The summed E-state index contributed by atoms with van der Waals surface area (Å²) in [5, 5.41) is 6.57. The van der Waals surface area contributed by atoms with Crippen LogP contribution in [0, 0.1) is 6.92 Å². The number of anilines is 3. The minimum absolute atomic E-state index is 0.0432. The number of ketones is 1. The van der Waals surface area contributed by atoms with E-state index in [2.05, 4.69) is 34.4 Å². The highest BCUT2D eigenvalue weighted by Gasteiger charge is 2.06. The van der Waals surface area contributed by atoms with Crippen LogP contribution in [0.15, 0.2) is 30.3 Å². The van der Waals surface area contributed by atoms with E-state index in [4.69, 9.17) is 0 Å². The van der Waals surface area contributed by atoms with Crippen LogP contribution in [0.5, 0.6) is 0 Å². The van der Waals surface area contributed by atoms with Gasteiger partial charge in [-0.1, -0.05) is 19.1 Å². The summed E-state index contributed by atoms with van der Waals surface area (Å²) in [4.78, 5) is 20.2. The average molecular weight is 298 g/mol. The maximum absolute atomic E-state index is 11.4. The van der Waals surface area contributed by atoms with Crippen LogP contribution in [-0.4, -0.2) is 21.8 Å². The Labute approximate surface area is 131 Å². The number of rotatable bonds is 6. The van der Waals surface area contributed by atoms with Gasteiger partial charge in [-0.05, 0) is 39.3 Å². The quantitative estimate of drug-likeness (QED) is 0.791. The first-order chi connectivity index (χ1) is 10.5. The number of hydrogen-bond donors (Lipinski definition) is 2.